The number of halogens is 2. The van der Waals surface area contributed by atoms with Crippen LogP contribution in [0.4, 0.5) is 14.5 Å². The predicted octanol–water partition coefficient (Wildman–Crippen LogP) is 2.28. The molecule has 1 saturated heterocycles. The Bertz CT molecular complexity index is 462. The fourth-order valence-electron chi connectivity index (χ4n) is 2.31. The molecule has 1 aliphatic heterocycles. The molecule has 2 rings (SSSR count). The van der Waals surface area contributed by atoms with E-state index in [0.717, 1.165) is 12.1 Å². The van der Waals surface area contributed by atoms with Crippen LogP contribution in [0, 0.1) is 11.6 Å². The van der Waals surface area contributed by atoms with Crippen molar-refractivity contribution < 1.29 is 23.4 Å². The number of methoxy groups -OCH3 is 1. The lowest BCUT2D eigenvalue weighted by Crippen LogP contribution is -2.37. The summed E-state index contributed by atoms with van der Waals surface area (Å²) in [6.07, 6.45) is 1.49. The van der Waals surface area contributed by atoms with Crippen molar-refractivity contribution in [2.24, 2.45) is 0 Å². The van der Waals surface area contributed by atoms with Crippen molar-refractivity contribution >= 4 is 11.7 Å². The van der Waals surface area contributed by atoms with Gasteiger partial charge >= 0.3 is 5.97 Å². The molecule has 0 aromatic heterocycles. The SMILES string of the molecule is COC1CCN(c2c(F)cc(C(=O)O)cc2F)CC1. The van der Waals surface area contributed by atoms with Gasteiger partial charge in [-0.2, -0.15) is 0 Å². The largest absolute Gasteiger partial charge is 0.478 e. The van der Waals surface area contributed by atoms with Gasteiger partial charge in [-0.1, -0.05) is 0 Å². The van der Waals surface area contributed by atoms with E-state index >= 15 is 0 Å². The number of ether oxygens (including phenoxy) is 1. The third-order valence-corrected chi connectivity index (χ3v) is 3.36. The molecule has 0 unspecified atom stereocenters. The molecule has 104 valence electrons. The van der Waals surface area contributed by atoms with Crippen molar-refractivity contribution in [3.05, 3.63) is 29.3 Å². The summed E-state index contributed by atoms with van der Waals surface area (Å²) in [5.74, 6) is -3.02. The Morgan fingerprint density at radius 2 is 1.84 bits per heavy atom. The number of carboxylic acids is 1. The Morgan fingerprint density at radius 1 is 1.32 bits per heavy atom. The quantitative estimate of drug-likeness (QED) is 0.916. The highest BCUT2D eigenvalue weighted by molar-refractivity contribution is 5.88. The van der Waals surface area contributed by atoms with E-state index in [9.17, 15) is 13.6 Å². The molecule has 1 aromatic rings. The van der Waals surface area contributed by atoms with Crippen LogP contribution in [0.3, 0.4) is 0 Å². The van der Waals surface area contributed by atoms with Crippen LogP contribution >= 0.6 is 0 Å². The van der Waals surface area contributed by atoms with Gasteiger partial charge in [-0.15, -0.1) is 0 Å². The highest BCUT2D eigenvalue weighted by atomic mass is 19.1. The lowest BCUT2D eigenvalue weighted by atomic mass is 10.1. The van der Waals surface area contributed by atoms with Gasteiger partial charge in [0.25, 0.3) is 0 Å². The molecule has 0 saturated carbocycles. The second kappa shape index (κ2) is 5.52. The number of hydrogen-bond donors (Lipinski definition) is 1. The number of benzene rings is 1. The van der Waals surface area contributed by atoms with Gasteiger partial charge in [-0.25, -0.2) is 13.6 Å². The summed E-state index contributed by atoms with van der Waals surface area (Å²) in [7, 11) is 1.61. The van der Waals surface area contributed by atoms with Crippen molar-refractivity contribution in [3.8, 4) is 0 Å². The molecule has 0 bridgehead atoms. The summed E-state index contributed by atoms with van der Waals surface area (Å²) >= 11 is 0. The van der Waals surface area contributed by atoms with E-state index in [4.69, 9.17) is 9.84 Å². The molecule has 1 aliphatic rings. The van der Waals surface area contributed by atoms with Crippen LogP contribution in [-0.4, -0.2) is 37.4 Å². The van der Waals surface area contributed by atoms with E-state index in [1.165, 1.54) is 0 Å². The molecule has 0 aliphatic carbocycles. The van der Waals surface area contributed by atoms with Gasteiger partial charge in [0.1, 0.15) is 17.3 Å². The molecule has 1 N–H and O–H groups in total. The van der Waals surface area contributed by atoms with E-state index in [-0.39, 0.29) is 17.4 Å². The molecular formula is C13H15F2NO3. The average molecular weight is 271 g/mol. The van der Waals surface area contributed by atoms with Crippen molar-refractivity contribution in [2.75, 3.05) is 25.1 Å². The second-order valence-corrected chi connectivity index (χ2v) is 4.52. The van der Waals surface area contributed by atoms with Crippen molar-refractivity contribution in [1.29, 1.82) is 0 Å². The number of aromatic carboxylic acids is 1. The lowest BCUT2D eigenvalue weighted by Gasteiger charge is -2.33. The van der Waals surface area contributed by atoms with Crippen LogP contribution in [0.5, 0.6) is 0 Å². The maximum absolute atomic E-state index is 13.9. The maximum Gasteiger partial charge on any atom is 0.335 e. The minimum Gasteiger partial charge on any atom is -0.478 e. The number of piperidine rings is 1. The van der Waals surface area contributed by atoms with Crippen LogP contribution in [0.2, 0.25) is 0 Å². The topological polar surface area (TPSA) is 49.8 Å². The summed E-state index contributed by atoms with van der Waals surface area (Å²) in [5, 5.41) is 8.74. The summed E-state index contributed by atoms with van der Waals surface area (Å²) in [6.45, 7) is 0.970. The van der Waals surface area contributed by atoms with E-state index in [2.05, 4.69) is 0 Å². The van der Waals surface area contributed by atoms with Gasteiger partial charge in [-0.3, -0.25) is 0 Å². The molecule has 4 nitrogen and oxygen atoms in total. The minimum atomic E-state index is -1.34. The average Bonchev–Trinajstić information content (AvgIpc) is 2.38. The summed E-state index contributed by atoms with van der Waals surface area (Å²) in [5.41, 5.74) is -0.537. The van der Waals surface area contributed by atoms with Gasteiger partial charge in [0, 0.05) is 20.2 Å². The number of anilines is 1. The summed E-state index contributed by atoms with van der Waals surface area (Å²) in [6, 6.07) is 1.70. The Balaban J connectivity index is 2.24. The van der Waals surface area contributed by atoms with Crippen LogP contribution in [0.1, 0.15) is 23.2 Å². The van der Waals surface area contributed by atoms with Gasteiger partial charge in [-0.05, 0) is 25.0 Å². The fraction of sp³-hybridized carbons (Fsp3) is 0.462. The normalized spacial score (nSPS) is 16.7. The smallest absolute Gasteiger partial charge is 0.335 e. The predicted molar refractivity (Wildman–Crippen MR) is 65.6 cm³/mol. The Labute approximate surface area is 109 Å². The van der Waals surface area contributed by atoms with Crippen molar-refractivity contribution in [3.63, 3.8) is 0 Å². The zero-order valence-electron chi connectivity index (χ0n) is 10.5. The molecule has 0 spiro atoms. The van der Waals surface area contributed by atoms with Gasteiger partial charge in [0.15, 0.2) is 0 Å². The van der Waals surface area contributed by atoms with Crippen molar-refractivity contribution in [1.82, 2.24) is 0 Å². The summed E-state index contributed by atoms with van der Waals surface area (Å²) < 4.78 is 32.9. The Hall–Kier alpha value is -1.69. The minimum absolute atomic E-state index is 0.112. The summed E-state index contributed by atoms with van der Waals surface area (Å²) in [4.78, 5) is 12.3. The number of hydrogen-bond acceptors (Lipinski definition) is 3. The van der Waals surface area contributed by atoms with Crippen LogP contribution in [0.25, 0.3) is 0 Å². The highest BCUT2D eigenvalue weighted by Gasteiger charge is 2.24. The monoisotopic (exact) mass is 271 g/mol. The molecule has 0 atom stereocenters. The second-order valence-electron chi connectivity index (χ2n) is 4.52. The molecule has 0 radical (unpaired) electrons. The number of rotatable bonds is 3. The molecule has 19 heavy (non-hydrogen) atoms. The Kier molecular flexibility index (Phi) is 3.99. The van der Waals surface area contributed by atoms with Crippen LogP contribution in [0.15, 0.2) is 12.1 Å². The van der Waals surface area contributed by atoms with Crippen molar-refractivity contribution in [2.45, 2.75) is 18.9 Å². The zero-order valence-corrected chi connectivity index (χ0v) is 10.5. The van der Waals surface area contributed by atoms with Crippen LogP contribution in [-0.2, 0) is 4.74 Å². The highest BCUT2D eigenvalue weighted by Crippen LogP contribution is 2.28. The van der Waals surface area contributed by atoms with Gasteiger partial charge in [0.05, 0.1) is 11.7 Å². The first-order valence-electron chi connectivity index (χ1n) is 6.03. The molecular weight excluding hydrogens is 256 g/mol. The fourth-order valence-corrected chi connectivity index (χ4v) is 2.31. The first kappa shape index (κ1) is 13.7. The molecule has 1 fully saturated rings. The van der Waals surface area contributed by atoms with E-state index in [0.29, 0.717) is 25.9 Å². The number of carboxylic acid groups (broad SMARTS) is 1. The third-order valence-electron chi connectivity index (χ3n) is 3.36. The van der Waals surface area contributed by atoms with Crippen LogP contribution < -0.4 is 4.90 Å². The third kappa shape index (κ3) is 2.84. The maximum atomic E-state index is 13.9. The molecule has 0 amide bonds. The number of carbonyl (C=O) groups is 1. The lowest BCUT2D eigenvalue weighted by molar-refractivity contribution is 0.0696. The first-order valence-corrected chi connectivity index (χ1v) is 6.03. The first-order chi connectivity index (χ1) is 9.02. The molecule has 6 heteroatoms. The van der Waals surface area contributed by atoms with Gasteiger partial charge < -0.3 is 14.7 Å². The zero-order chi connectivity index (χ0) is 14.0. The molecule has 1 aromatic carbocycles. The number of nitrogens with zero attached hydrogens (tertiary/aromatic N) is 1. The standard InChI is InChI=1S/C13H15F2NO3/c1-19-9-2-4-16(5-3-9)12-10(14)6-8(13(17)18)7-11(12)15/h6-7,9H,2-5H2,1H3,(H,17,18). The van der Waals surface area contributed by atoms with E-state index in [1.54, 1.807) is 12.0 Å². The van der Waals surface area contributed by atoms with Gasteiger partial charge in [0.2, 0.25) is 0 Å². The van der Waals surface area contributed by atoms with E-state index in [1.807, 2.05) is 0 Å². The Morgan fingerprint density at radius 3 is 2.26 bits per heavy atom. The molecule has 1 heterocycles. The van der Waals surface area contributed by atoms with E-state index < -0.39 is 17.6 Å².